The number of nitrogens with one attached hydrogen (secondary N) is 2. The SMILES string of the molecule is CC1(C)CC(=O)C2=C(C1)Nc1ccccc1N(C(=O)CSc1n[nH]c(N)n1)[C@H]2c1cccs1. The molecule has 33 heavy (non-hydrogen) atoms. The van der Waals surface area contributed by atoms with Crippen molar-refractivity contribution in [3.8, 4) is 0 Å². The lowest BCUT2D eigenvalue weighted by atomic mass is 9.74. The molecule has 1 aliphatic heterocycles. The second-order valence-electron chi connectivity index (χ2n) is 8.95. The van der Waals surface area contributed by atoms with Crippen molar-refractivity contribution in [2.75, 3.05) is 21.7 Å². The van der Waals surface area contributed by atoms with Crippen LogP contribution in [0.5, 0.6) is 0 Å². The Kier molecular flexibility index (Phi) is 5.49. The molecular weight excluding hydrogens is 456 g/mol. The third kappa shape index (κ3) is 4.16. The fourth-order valence-electron chi connectivity index (χ4n) is 4.50. The number of nitrogens with two attached hydrogens (primary N) is 1. The number of rotatable bonds is 4. The lowest BCUT2D eigenvalue weighted by Crippen LogP contribution is -2.40. The zero-order chi connectivity index (χ0) is 23.2. The van der Waals surface area contributed by atoms with E-state index in [9.17, 15) is 9.59 Å². The molecule has 170 valence electrons. The number of ketones is 1. The Morgan fingerprint density at radius 1 is 1.27 bits per heavy atom. The van der Waals surface area contributed by atoms with Crippen LogP contribution >= 0.6 is 23.1 Å². The maximum Gasteiger partial charge on any atom is 0.238 e. The number of amides is 1. The number of allylic oxidation sites excluding steroid dienone is 1. The molecule has 8 nitrogen and oxygen atoms in total. The average Bonchev–Trinajstić information content (AvgIpc) is 3.40. The number of fused-ring (bicyclic) bond motifs is 1. The lowest BCUT2D eigenvalue weighted by molar-refractivity contribution is -0.118. The van der Waals surface area contributed by atoms with Crippen LogP contribution in [0, 0.1) is 5.41 Å². The molecule has 1 aromatic carbocycles. The molecule has 0 bridgehead atoms. The average molecular weight is 481 g/mol. The molecule has 0 saturated carbocycles. The Morgan fingerprint density at radius 3 is 2.82 bits per heavy atom. The minimum atomic E-state index is -0.495. The van der Waals surface area contributed by atoms with Gasteiger partial charge >= 0.3 is 0 Å². The Bertz CT molecular complexity index is 1250. The molecule has 0 saturated heterocycles. The normalized spacial score (nSPS) is 19.5. The molecule has 10 heteroatoms. The van der Waals surface area contributed by atoms with Gasteiger partial charge in [-0.15, -0.1) is 16.4 Å². The predicted molar refractivity (Wildman–Crippen MR) is 131 cm³/mol. The summed E-state index contributed by atoms with van der Waals surface area (Å²) in [7, 11) is 0. The second kappa shape index (κ2) is 8.35. The molecule has 0 spiro atoms. The number of H-pyrrole nitrogens is 1. The van der Waals surface area contributed by atoms with E-state index in [0.717, 1.165) is 28.4 Å². The number of para-hydroxylation sites is 2. The van der Waals surface area contributed by atoms with Gasteiger partial charge in [0.15, 0.2) is 5.78 Å². The highest BCUT2D eigenvalue weighted by Crippen LogP contribution is 2.49. The van der Waals surface area contributed by atoms with Gasteiger partial charge in [-0.2, -0.15) is 4.98 Å². The van der Waals surface area contributed by atoms with Crippen LogP contribution in [-0.4, -0.2) is 32.6 Å². The summed E-state index contributed by atoms with van der Waals surface area (Å²) in [4.78, 5) is 34.1. The highest BCUT2D eigenvalue weighted by molar-refractivity contribution is 7.99. The van der Waals surface area contributed by atoms with Crippen LogP contribution in [0.3, 0.4) is 0 Å². The standard InChI is InChI=1S/C23H24N6O2S2/c1-23(2)10-14-19(16(30)11-23)20(17-8-5-9-32-17)29(15-7-4-3-6-13(15)25-14)18(31)12-33-22-26-21(24)27-28-22/h3-9,20,25H,10-12H2,1-2H3,(H3,24,26,27,28)/t20-/m0/s1. The minimum Gasteiger partial charge on any atom is -0.368 e. The number of aromatic amines is 1. The first-order valence-corrected chi connectivity index (χ1v) is 12.5. The molecule has 2 aromatic heterocycles. The van der Waals surface area contributed by atoms with E-state index < -0.39 is 6.04 Å². The van der Waals surface area contributed by atoms with Gasteiger partial charge in [-0.3, -0.25) is 14.5 Å². The van der Waals surface area contributed by atoms with E-state index in [4.69, 9.17) is 5.73 Å². The van der Waals surface area contributed by atoms with Crippen LogP contribution in [0.4, 0.5) is 17.3 Å². The maximum atomic E-state index is 13.8. The molecule has 5 rings (SSSR count). The summed E-state index contributed by atoms with van der Waals surface area (Å²) in [5.74, 6) is 0.251. The van der Waals surface area contributed by atoms with Gasteiger partial charge in [-0.1, -0.05) is 43.8 Å². The fraction of sp³-hybridized carbons (Fsp3) is 0.304. The summed E-state index contributed by atoms with van der Waals surface area (Å²) in [5, 5.41) is 12.5. The molecule has 1 atom stereocenters. The van der Waals surface area contributed by atoms with E-state index in [2.05, 4.69) is 34.3 Å². The van der Waals surface area contributed by atoms with Crippen LogP contribution < -0.4 is 16.0 Å². The van der Waals surface area contributed by atoms with E-state index in [-0.39, 0.29) is 28.8 Å². The summed E-state index contributed by atoms with van der Waals surface area (Å²) in [6.07, 6.45) is 1.18. The maximum absolute atomic E-state index is 13.8. The lowest BCUT2D eigenvalue weighted by Gasteiger charge is -2.36. The van der Waals surface area contributed by atoms with Crippen molar-refractivity contribution in [1.29, 1.82) is 0 Å². The van der Waals surface area contributed by atoms with Gasteiger partial charge in [0, 0.05) is 22.6 Å². The quantitative estimate of drug-likeness (QED) is 0.474. The van der Waals surface area contributed by atoms with E-state index in [1.54, 1.807) is 16.2 Å². The molecule has 0 fully saturated rings. The predicted octanol–water partition coefficient (Wildman–Crippen LogP) is 4.38. The summed E-state index contributed by atoms with van der Waals surface area (Å²) in [6.45, 7) is 4.21. The Morgan fingerprint density at radius 2 is 2.09 bits per heavy atom. The van der Waals surface area contributed by atoms with Crippen molar-refractivity contribution >= 4 is 52.1 Å². The molecule has 3 aromatic rings. The van der Waals surface area contributed by atoms with E-state index in [0.29, 0.717) is 17.2 Å². The summed E-state index contributed by atoms with van der Waals surface area (Å²) < 4.78 is 0. The fourth-order valence-corrected chi connectivity index (χ4v) is 5.99. The van der Waals surface area contributed by atoms with Crippen LogP contribution in [-0.2, 0) is 9.59 Å². The zero-order valence-electron chi connectivity index (χ0n) is 18.3. The smallest absolute Gasteiger partial charge is 0.238 e. The summed E-state index contributed by atoms with van der Waals surface area (Å²) in [6, 6.07) is 11.2. The van der Waals surface area contributed by atoms with Gasteiger partial charge in [0.1, 0.15) is 6.04 Å². The monoisotopic (exact) mass is 480 g/mol. The third-order valence-electron chi connectivity index (χ3n) is 5.79. The number of carbonyl (C=O) groups is 2. The summed E-state index contributed by atoms with van der Waals surface area (Å²) >= 11 is 2.76. The number of thioether (sulfide) groups is 1. The van der Waals surface area contributed by atoms with Crippen molar-refractivity contribution in [3.63, 3.8) is 0 Å². The van der Waals surface area contributed by atoms with Crippen molar-refractivity contribution in [3.05, 3.63) is 57.9 Å². The van der Waals surface area contributed by atoms with Crippen molar-refractivity contribution < 1.29 is 9.59 Å². The van der Waals surface area contributed by atoms with Gasteiger partial charge in [0.25, 0.3) is 0 Å². The molecule has 1 amide bonds. The highest BCUT2D eigenvalue weighted by Gasteiger charge is 2.43. The van der Waals surface area contributed by atoms with Gasteiger partial charge in [-0.25, -0.2) is 5.10 Å². The topological polar surface area (TPSA) is 117 Å². The number of anilines is 3. The van der Waals surface area contributed by atoms with Crippen molar-refractivity contribution in [2.24, 2.45) is 5.41 Å². The van der Waals surface area contributed by atoms with Crippen LogP contribution in [0.2, 0.25) is 0 Å². The number of benzene rings is 1. The largest absolute Gasteiger partial charge is 0.368 e. The number of thiophene rings is 1. The number of aromatic nitrogens is 3. The van der Waals surface area contributed by atoms with Crippen LogP contribution in [0.1, 0.15) is 37.6 Å². The summed E-state index contributed by atoms with van der Waals surface area (Å²) in [5.41, 5.74) is 8.60. The highest BCUT2D eigenvalue weighted by atomic mass is 32.2. The first-order chi connectivity index (χ1) is 15.8. The number of carbonyl (C=O) groups excluding carboxylic acids is 2. The second-order valence-corrected chi connectivity index (χ2v) is 10.9. The third-order valence-corrected chi connectivity index (χ3v) is 7.55. The molecule has 0 unspecified atom stereocenters. The first kappa shape index (κ1) is 21.7. The number of hydrogen-bond donors (Lipinski definition) is 3. The van der Waals surface area contributed by atoms with E-state index >= 15 is 0 Å². The number of nitrogen functional groups attached to an aromatic ring is 1. The molecular formula is C23H24N6O2S2. The zero-order valence-corrected chi connectivity index (χ0v) is 19.9. The van der Waals surface area contributed by atoms with Crippen molar-refractivity contribution in [1.82, 2.24) is 15.2 Å². The van der Waals surface area contributed by atoms with E-state index in [1.807, 2.05) is 41.8 Å². The Labute approximate surface area is 199 Å². The van der Waals surface area contributed by atoms with Gasteiger partial charge < -0.3 is 11.1 Å². The van der Waals surface area contributed by atoms with Crippen molar-refractivity contribution in [2.45, 2.75) is 37.9 Å². The van der Waals surface area contributed by atoms with Gasteiger partial charge in [0.05, 0.1) is 17.1 Å². The van der Waals surface area contributed by atoms with Gasteiger partial charge in [-0.05, 0) is 35.4 Å². The molecule has 4 N–H and O–H groups in total. The Balaban J connectivity index is 1.62. The Hall–Kier alpha value is -3.11. The minimum absolute atomic E-state index is 0.0761. The number of hydrogen-bond acceptors (Lipinski definition) is 8. The molecule has 2 aliphatic rings. The molecule has 0 radical (unpaired) electrons. The van der Waals surface area contributed by atoms with Gasteiger partial charge in [0.2, 0.25) is 17.0 Å². The van der Waals surface area contributed by atoms with Crippen LogP contribution in [0.25, 0.3) is 0 Å². The molecule has 1 aliphatic carbocycles. The molecule has 3 heterocycles. The number of Topliss-reactive ketones (excluding diaryl/α,β-unsaturated/α-hetero) is 1. The number of nitrogens with zero attached hydrogens (tertiary/aromatic N) is 3. The van der Waals surface area contributed by atoms with E-state index in [1.165, 1.54) is 11.8 Å². The first-order valence-electron chi connectivity index (χ1n) is 10.6. The van der Waals surface area contributed by atoms with Crippen LogP contribution in [0.15, 0.2) is 58.2 Å².